The molecule has 47 heavy (non-hydrogen) atoms. The Hall–Kier alpha value is -5.57. The molecule has 0 fully saturated rings. The molecule has 0 bridgehead atoms. The molecule has 4 rings (SSSR count). The SMILES string of the molecule is CC(=O)NCC(C)C.COC(=O)c1cc(C)ccc1-c1cccc(C(=O)O)c1.COC(=O)c1cc(C)ccc1-c1cccc(C=O)c1. The van der Waals surface area contributed by atoms with Crippen molar-refractivity contribution >= 4 is 30.1 Å². The Labute approximate surface area is 275 Å². The highest BCUT2D eigenvalue weighted by Crippen LogP contribution is 2.27. The van der Waals surface area contributed by atoms with Gasteiger partial charge in [0.05, 0.1) is 30.9 Å². The Morgan fingerprint density at radius 3 is 1.64 bits per heavy atom. The molecule has 4 aromatic rings. The Bertz CT molecular complexity index is 1720. The smallest absolute Gasteiger partial charge is 0.338 e. The molecule has 0 atom stereocenters. The van der Waals surface area contributed by atoms with Crippen molar-refractivity contribution < 1.29 is 38.6 Å². The van der Waals surface area contributed by atoms with Crippen molar-refractivity contribution in [1.29, 1.82) is 0 Å². The van der Waals surface area contributed by atoms with Crippen molar-refractivity contribution in [3.8, 4) is 22.3 Å². The molecule has 0 aliphatic carbocycles. The largest absolute Gasteiger partial charge is 0.478 e. The van der Waals surface area contributed by atoms with Gasteiger partial charge in [-0.2, -0.15) is 0 Å². The van der Waals surface area contributed by atoms with Crippen LogP contribution in [0.15, 0.2) is 84.9 Å². The highest BCUT2D eigenvalue weighted by Gasteiger charge is 2.15. The predicted octanol–water partition coefficient (Wildman–Crippen LogP) is 7.19. The first-order valence-corrected chi connectivity index (χ1v) is 14.8. The summed E-state index contributed by atoms with van der Waals surface area (Å²) < 4.78 is 9.58. The van der Waals surface area contributed by atoms with E-state index in [4.69, 9.17) is 14.6 Å². The fourth-order valence-electron chi connectivity index (χ4n) is 4.32. The van der Waals surface area contributed by atoms with Gasteiger partial charge < -0.3 is 19.9 Å². The minimum absolute atomic E-state index is 0.0544. The number of aldehydes is 1. The number of carbonyl (C=O) groups is 5. The summed E-state index contributed by atoms with van der Waals surface area (Å²) in [5, 5.41) is 11.7. The van der Waals surface area contributed by atoms with Crippen LogP contribution in [0.4, 0.5) is 0 Å². The van der Waals surface area contributed by atoms with Crippen molar-refractivity contribution in [3.05, 3.63) is 118 Å². The summed E-state index contributed by atoms with van der Waals surface area (Å²) in [5.74, 6) is -1.21. The summed E-state index contributed by atoms with van der Waals surface area (Å²) in [5.41, 5.74) is 6.52. The number of carboxylic acid groups (broad SMARTS) is 1. The summed E-state index contributed by atoms with van der Waals surface area (Å²) in [4.78, 5) is 55.7. The molecule has 4 aromatic carbocycles. The first-order chi connectivity index (χ1) is 22.3. The van der Waals surface area contributed by atoms with Crippen LogP contribution in [0.3, 0.4) is 0 Å². The van der Waals surface area contributed by atoms with Gasteiger partial charge in [0, 0.05) is 19.0 Å². The molecule has 9 nitrogen and oxygen atoms in total. The number of aryl methyl sites for hydroxylation is 2. The molecular formula is C38H41NO8. The van der Waals surface area contributed by atoms with Crippen LogP contribution in [0.25, 0.3) is 22.3 Å². The van der Waals surface area contributed by atoms with Crippen LogP contribution in [-0.2, 0) is 14.3 Å². The van der Waals surface area contributed by atoms with Crippen LogP contribution < -0.4 is 5.32 Å². The topological polar surface area (TPSA) is 136 Å². The number of nitrogens with one attached hydrogen (secondary N) is 1. The first-order valence-electron chi connectivity index (χ1n) is 14.8. The summed E-state index contributed by atoms with van der Waals surface area (Å²) in [7, 11) is 2.68. The minimum atomic E-state index is -1.00. The summed E-state index contributed by atoms with van der Waals surface area (Å²) >= 11 is 0. The van der Waals surface area contributed by atoms with Crippen molar-refractivity contribution in [3.63, 3.8) is 0 Å². The lowest BCUT2D eigenvalue weighted by Crippen LogP contribution is -2.24. The second-order valence-corrected chi connectivity index (χ2v) is 11.0. The summed E-state index contributed by atoms with van der Waals surface area (Å²) in [6, 6.07) is 24.6. The molecule has 1 amide bonds. The Balaban J connectivity index is 0.000000267. The van der Waals surface area contributed by atoms with Crippen molar-refractivity contribution in [2.45, 2.75) is 34.6 Å². The second-order valence-electron chi connectivity index (χ2n) is 11.0. The van der Waals surface area contributed by atoms with E-state index >= 15 is 0 Å². The lowest BCUT2D eigenvalue weighted by Gasteiger charge is -2.10. The molecule has 246 valence electrons. The lowest BCUT2D eigenvalue weighted by atomic mass is 9.96. The van der Waals surface area contributed by atoms with Crippen LogP contribution in [0, 0.1) is 19.8 Å². The molecule has 0 aliphatic heterocycles. The van der Waals surface area contributed by atoms with Gasteiger partial charge >= 0.3 is 17.9 Å². The maximum Gasteiger partial charge on any atom is 0.338 e. The van der Waals surface area contributed by atoms with E-state index in [2.05, 4.69) is 19.2 Å². The van der Waals surface area contributed by atoms with Crippen LogP contribution in [0.5, 0.6) is 0 Å². The van der Waals surface area contributed by atoms with E-state index in [1.807, 2.05) is 38.1 Å². The van der Waals surface area contributed by atoms with Gasteiger partial charge in [-0.1, -0.05) is 79.6 Å². The average molecular weight is 640 g/mol. The molecule has 0 saturated carbocycles. The van der Waals surface area contributed by atoms with Gasteiger partial charge in [0.25, 0.3) is 0 Å². The highest BCUT2D eigenvalue weighted by atomic mass is 16.5. The van der Waals surface area contributed by atoms with Gasteiger partial charge in [0.1, 0.15) is 6.29 Å². The van der Waals surface area contributed by atoms with Gasteiger partial charge in [-0.15, -0.1) is 0 Å². The molecule has 0 radical (unpaired) electrons. The standard InChI is InChI=1S/C16H14O4.C16H14O3.C6H13NO/c1-10-6-7-13(14(8-10)16(19)20-2)11-4-3-5-12(9-11)15(17)18;1-11-6-7-14(15(8-11)16(18)19-2)13-5-3-4-12(9-13)10-17;1-5(2)4-7-6(3)8/h3-9H,1-2H3,(H,17,18);3-10H,1-2H3;5H,4H2,1-3H3,(H,7,8). The van der Waals surface area contributed by atoms with Crippen molar-refractivity contribution in [2.75, 3.05) is 20.8 Å². The number of carboxylic acids is 1. The molecule has 9 heteroatoms. The second kappa shape index (κ2) is 18.4. The van der Waals surface area contributed by atoms with E-state index in [1.54, 1.807) is 54.6 Å². The number of hydrogen-bond acceptors (Lipinski definition) is 7. The number of aromatic carboxylic acids is 1. The number of methoxy groups -OCH3 is 2. The molecule has 0 saturated heterocycles. The van der Waals surface area contributed by atoms with E-state index < -0.39 is 11.9 Å². The maximum absolute atomic E-state index is 11.8. The number of amides is 1. The number of ether oxygens (including phenoxy) is 2. The molecular weight excluding hydrogens is 598 g/mol. The fourth-order valence-corrected chi connectivity index (χ4v) is 4.32. The van der Waals surface area contributed by atoms with E-state index in [-0.39, 0.29) is 17.4 Å². The Morgan fingerprint density at radius 1 is 0.745 bits per heavy atom. The number of rotatable bonds is 8. The van der Waals surface area contributed by atoms with Crippen LogP contribution in [-0.4, -0.2) is 56.0 Å². The molecule has 0 unspecified atom stereocenters. The highest BCUT2D eigenvalue weighted by molar-refractivity contribution is 5.99. The number of esters is 2. The van der Waals surface area contributed by atoms with Crippen LogP contribution >= 0.6 is 0 Å². The normalized spacial score (nSPS) is 9.96. The van der Waals surface area contributed by atoms with E-state index in [9.17, 15) is 24.0 Å². The number of hydrogen-bond donors (Lipinski definition) is 2. The average Bonchev–Trinajstić information content (AvgIpc) is 3.07. The monoisotopic (exact) mass is 639 g/mol. The summed E-state index contributed by atoms with van der Waals surface area (Å²) in [6.45, 7) is 10.2. The predicted molar refractivity (Wildman–Crippen MR) is 182 cm³/mol. The van der Waals surface area contributed by atoms with Crippen LogP contribution in [0.1, 0.15) is 73.3 Å². The van der Waals surface area contributed by atoms with E-state index in [0.717, 1.165) is 35.1 Å². The zero-order chi connectivity index (χ0) is 35.1. The van der Waals surface area contributed by atoms with Gasteiger partial charge in [-0.25, -0.2) is 14.4 Å². The first kappa shape index (κ1) is 37.6. The number of carbonyl (C=O) groups excluding carboxylic acids is 4. The van der Waals surface area contributed by atoms with Gasteiger partial charge in [0.15, 0.2) is 0 Å². The third kappa shape index (κ3) is 11.7. The Morgan fingerprint density at radius 2 is 1.23 bits per heavy atom. The molecule has 0 aliphatic rings. The van der Waals surface area contributed by atoms with Crippen molar-refractivity contribution in [1.82, 2.24) is 5.32 Å². The third-order valence-electron chi connectivity index (χ3n) is 6.67. The molecule has 0 aromatic heterocycles. The molecule has 0 spiro atoms. The van der Waals surface area contributed by atoms with Gasteiger partial charge in [-0.05, 0) is 72.4 Å². The van der Waals surface area contributed by atoms with Crippen LogP contribution in [0.2, 0.25) is 0 Å². The van der Waals surface area contributed by atoms with Gasteiger partial charge in [-0.3, -0.25) is 9.59 Å². The van der Waals surface area contributed by atoms with E-state index in [0.29, 0.717) is 33.7 Å². The molecule has 0 heterocycles. The quantitative estimate of drug-likeness (QED) is 0.153. The summed E-state index contributed by atoms with van der Waals surface area (Å²) in [6.07, 6.45) is 0.787. The lowest BCUT2D eigenvalue weighted by molar-refractivity contribution is -0.119. The minimum Gasteiger partial charge on any atom is -0.478 e. The zero-order valence-electron chi connectivity index (χ0n) is 27.7. The fraction of sp³-hybridized carbons (Fsp3) is 0.237. The Kier molecular flexibility index (Phi) is 14.7. The number of benzene rings is 4. The maximum atomic E-state index is 11.8. The van der Waals surface area contributed by atoms with Gasteiger partial charge in [0.2, 0.25) is 5.91 Å². The van der Waals surface area contributed by atoms with Crippen molar-refractivity contribution in [2.24, 2.45) is 5.92 Å². The third-order valence-corrected chi connectivity index (χ3v) is 6.67. The molecule has 2 N–H and O–H groups in total. The zero-order valence-corrected chi connectivity index (χ0v) is 27.7. The van der Waals surface area contributed by atoms with E-state index in [1.165, 1.54) is 27.2 Å².